The predicted octanol–water partition coefficient (Wildman–Crippen LogP) is 1.41. The molecule has 0 bridgehead atoms. The SMILES string of the molecule is Cc1cc(C)n(-c2ccc(C(=O)N3CCOC[C@@H]3C(=O)O)cc2)n1. The van der Waals surface area contributed by atoms with Crippen molar-refractivity contribution in [2.24, 2.45) is 0 Å². The lowest BCUT2D eigenvalue weighted by molar-refractivity contribution is -0.147. The molecule has 24 heavy (non-hydrogen) atoms. The standard InChI is InChI=1S/C17H19N3O4/c1-11-9-12(2)20(18-11)14-5-3-13(4-6-14)16(21)19-7-8-24-10-15(19)17(22)23/h3-6,9,15H,7-8,10H2,1-2H3,(H,22,23)/t15-/m1/s1. The van der Waals surface area contributed by atoms with E-state index in [0.717, 1.165) is 17.1 Å². The number of carbonyl (C=O) groups is 2. The molecule has 2 aromatic rings. The lowest BCUT2D eigenvalue weighted by Gasteiger charge is -2.32. The highest BCUT2D eigenvalue weighted by atomic mass is 16.5. The molecule has 1 aliphatic rings. The van der Waals surface area contributed by atoms with Gasteiger partial charge in [0.05, 0.1) is 24.6 Å². The maximum absolute atomic E-state index is 12.6. The van der Waals surface area contributed by atoms with Gasteiger partial charge in [0.2, 0.25) is 0 Å². The zero-order valence-corrected chi connectivity index (χ0v) is 13.6. The molecule has 0 spiro atoms. The van der Waals surface area contributed by atoms with Gasteiger partial charge in [0.15, 0.2) is 6.04 Å². The molecule has 1 aromatic heterocycles. The van der Waals surface area contributed by atoms with Crippen molar-refractivity contribution in [3.8, 4) is 5.69 Å². The van der Waals surface area contributed by atoms with E-state index in [-0.39, 0.29) is 19.1 Å². The topological polar surface area (TPSA) is 84.7 Å². The second kappa shape index (κ2) is 6.45. The second-order valence-corrected chi connectivity index (χ2v) is 5.81. The van der Waals surface area contributed by atoms with Crippen molar-refractivity contribution in [1.29, 1.82) is 0 Å². The summed E-state index contributed by atoms with van der Waals surface area (Å²) in [5.41, 5.74) is 3.23. The van der Waals surface area contributed by atoms with Gasteiger partial charge < -0.3 is 14.7 Å². The second-order valence-electron chi connectivity index (χ2n) is 5.81. The molecule has 7 heteroatoms. The third-order valence-corrected chi connectivity index (χ3v) is 4.04. The first kappa shape index (κ1) is 16.2. The van der Waals surface area contributed by atoms with Crippen LogP contribution in [0.25, 0.3) is 5.69 Å². The Morgan fingerprint density at radius 3 is 2.54 bits per heavy atom. The molecule has 1 aliphatic heterocycles. The Hall–Kier alpha value is -2.67. The molecule has 1 aromatic carbocycles. The molecule has 1 amide bonds. The Morgan fingerprint density at radius 1 is 1.25 bits per heavy atom. The van der Waals surface area contributed by atoms with Crippen LogP contribution in [0.4, 0.5) is 0 Å². The number of hydrogen-bond acceptors (Lipinski definition) is 4. The summed E-state index contributed by atoms with van der Waals surface area (Å²) in [6.45, 7) is 4.52. The van der Waals surface area contributed by atoms with Gasteiger partial charge >= 0.3 is 5.97 Å². The molecule has 1 fully saturated rings. The summed E-state index contributed by atoms with van der Waals surface area (Å²) in [4.78, 5) is 25.3. The fraction of sp³-hybridized carbons (Fsp3) is 0.353. The molecule has 0 unspecified atom stereocenters. The van der Waals surface area contributed by atoms with Crippen LogP contribution in [0, 0.1) is 13.8 Å². The van der Waals surface area contributed by atoms with Gasteiger partial charge in [0.25, 0.3) is 5.91 Å². The van der Waals surface area contributed by atoms with E-state index in [1.807, 2.05) is 32.0 Å². The average Bonchev–Trinajstić information content (AvgIpc) is 2.92. The van der Waals surface area contributed by atoms with Gasteiger partial charge in [-0.05, 0) is 44.2 Å². The Kier molecular flexibility index (Phi) is 4.35. The molecule has 1 atom stereocenters. The van der Waals surface area contributed by atoms with Crippen LogP contribution >= 0.6 is 0 Å². The third kappa shape index (κ3) is 3.03. The molecule has 2 heterocycles. The number of aryl methyl sites for hydroxylation is 2. The van der Waals surface area contributed by atoms with Crippen molar-refractivity contribution in [1.82, 2.24) is 14.7 Å². The highest BCUT2D eigenvalue weighted by Gasteiger charge is 2.33. The van der Waals surface area contributed by atoms with Crippen molar-refractivity contribution >= 4 is 11.9 Å². The Bertz CT molecular complexity index is 767. The van der Waals surface area contributed by atoms with E-state index >= 15 is 0 Å². The van der Waals surface area contributed by atoms with Crippen molar-refractivity contribution in [2.45, 2.75) is 19.9 Å². The third-order valence-electron chi connectivity index (χ3n) is 4.04. The van der Waals surface area contributed by atoms with Crippen LogP contribution in [0.3, 0.4) is 0 Å². The quantitative estimate of drug-likeness (QED) is 0.920. The predicted molar refractivity (Wildman–Crippen MR) is 86.3 cm³/mol. The summed E-state index contributed by atoms with van der Waals surface area (Å²) in [5, 5.41) is 13.7. The maximum Gasteiger partial charge on any atom is 0.328 e. The number of nitrogens with zero attached hydrogens (tertiary/aromatic N) is 3. The monoisotopic (exact) mass is 329 g/mol. The van der Waals surface area contributed by atoms with E-state index in [4.69, 9.17) is 4.74 Å². The minimum Gasteiger partial charge on any atom is -0.480 e. The highest BCUT2D eigenvalue weighted by molar-refractivity contribution is 5.97. The van der Waals surface area contributed by atoms with E-state index < -0.39 is 12.0 Å². The summed E-state index contributed by atoms with van der Waals surface area (Å²) in [7, 11) is 0. The molecular weight excluding hydrogens is 310 g/mol. The summed E-state index contributed by atoms with van der Waals surface area (Å²) in [6.07, 6.45) is 0. The average molecular weight is 329 g/mol. The largest absolute Gasteiger partial charge is 0.480 e. The van der Waals surface area contributed by atoms with Gasteiger partial charge in [-0.25, -0.2) is 9.48 Å². The first-order chi connectivity index (χ1) is 11.5. The van der Waals surface area contributed by atoms with Crippen LogP contribution in [-0.2, 0) is 9.53 Å². The van der Waals surface area contributed by atoms with Gasteiger partial charge in [0.1, 0.15) is 0 Å². The number of carboxylic acid groups (broad SMARTS) is 1. The fourth-order valence-electron chi connectivity index (χ4n) is 2.85. The Morgan fingerprint density at radius 2 is 1.96 bits per heavy atom. The molecule has 7 nitrogen and oxygen atoms in total. The van der Waals surface area contributed by atoms with E-state index in [1.54, 1.807) is 16.8 Å². The van der Waals surface area contributed by atoms with Gasteiger partial charge in [-0.1, -0.05) is 0 Å². The van der Waals surface area contributed by atoms with Gasteiger partial charge in [-0.15, -0.1) is 0 Å². The van der Waals surface area contributed by atoms with E-state index in [2.05, 4.69) is 5.10 Å². The lowest BCUT2D eigenvalue weighted by atomic mass is 10.1. The minimum atomic E-state index is -1.05. The summed E-state index contributed by atoms with van der Waals surface area (Å²) < 4.78 is 6.97. The number of morpholine rings is 1. The zero-order valence-electron chi connectivity index (χ0n) is 13.6. The van der Waals surface area contributed by atoms with Crippen LogP contribution in [-0.4, -0.2) is 57.5 Å². The van der Waals surface area contributed by atoms with E-state index in [9.17, 15) is 14.7 Å². The number of rotatable bonds is 3. The molecule has 126 valence electrons. The van der Waals surface area contributed by atoms with Gasteiger partial charge in [-0.3, -0.25) is 4.79 Å². The molecule has 0 aliphatic carbocycles. The van der Waals surface area contributed by atoms with Crippen molar-refractivity contribution in [2.75, 3.05) is 19.8 Å². The van der Waals surface area contributed by atoms with Crippen LogP contribution in [0.5, 0.6) is 0 Å². The molecule has 0 radical (unpaired) electrons. The summed E-state index contributed by atoms with van der Waals surface area (Å²) in [5.74, 6) is -1.35. The lowest BCUT2D eigenvalue weighted by Crippen LogP contribution is -2.52. The molecule has 3 rings (SSSR count). The maximum atomic E-state index is 12.6. The molecule has 1 N–H and O–H groups in total. The van der Waals surface area contributed by atoms with Gasteiger partial charge in [-0.2, -0.15) is 5.10 Å². The van der Waals surface area contributed by atoms with E-state index in [1.165, 1.54) is 4.90 Å². The Labute approximate surface area is 139 Å². The number of hydrogen-bond donors (Lipinski definition) is 1. The summed E-state index contributed by atoms with van der Waals surface area (Å²) in [6, 6.07) is 8.04. The van der Waals surface area contributed by atoms with E-state index in [0.29, 0.717) is 12.2 Å². The van der Waals surface area contributed by atoms with Crippen LogP contribution < -0.4 is 0 Å². The molecule has 1 saturated heterocycles. The summed E-state index contributed by atoms with van der Waals surface area (Å²) >= 11 is 0. The molecular formula is C17H19N3O4. The number of benzene rings is 1. The van der Waals surface area contributed by atoms with Crippen molar-refractivity contribution < 1.29 is 19.4 Å². The molecule has 0 saturated carbocycles. The smallest absolute Gasteiger partial charge is 0.328 e. The van der Waals surface area contributed by atoms with Crippen LogP contribution in [0.1, 0.15) is 21.7 Å². The zero-order chi connectivity index (χ0) is 17.3. The number of carboxylic acids is 1. The normalized spacial score (nSPS) is 17.8. The van der Waals surface area contributed by atoms with Crippen molar-refractivity contribution in [3.63, 3.8) is 0 Å². The number of amides is 1. The fourth-order valence-corrected chi connectivity index (χ4v) is 2.85. The van der Waals surface area contributed by atoms with Crippen molar-refractivity contribution in [3.05, 3.63) is 47.3 Å². The van der Waals surface area contributed by atoms with Gasteiger partial charge in [0, 0.05) is 17.8 Å². The Balaban J connectivity index is 1.83. The number of ether oxygens (including phenoxy) is 1. The first-order valence-electron chi connectivity index (χ1n) is 7.72. The van der Waals surface area contributed by atoms with Crippen LogP contribution in [0.15, 0.2) is 30.3 Å². The van der Waals surface area contributed by atoms with Crippen LogP contribution in [0.2, 0.25) is 0 Å². The minimum absolute atomic E-state index is 0.0188. The highest BCUT2D eigenvalue weighted by Crippen LogP contribution is 2.16. The first-order valence-corrected chi connectivity index (χ1v) is 7.72. The number of carbonyl (C=O) groups excluding carboxylic acids is 1. The number of aromatic nitrogens is 2. The number of aliphatic carboxylic acids is 1.